The van der Waals surface area contributed by atoms with Gasteiger partial charge in [0.1, 0.15) is 5.75 Å². The van der Waals surface area contributed by atoms with E-state index in [4.69, 9.17) is 4.74 Å². The van der Waals surface area contributed by atoms with Crippen molar-refractivity contribution in [2.45, 2.75) is 11.8 Å². The molecule has 0 saturated carbocycles. The summed E-state index contributed by atoms with van der Waals surface area (Å²) in [6, 6.07) is 15.2. The fourth-order valence-corrected chi connectivity index (χ4v) is 4.75. The Morgan fingerprint density at radius 3 is 2.56 bits per heavy atom. The first kappa shape index (κ1) is 19.2. The average molecular weight is 402 g/mol. The fourth-order valence-electron chi connectivity index (χ4n) is 2.49. The Bertz CT molecular complexity index is 1020. The third-order valence-corrected chi connectivity index (χ3v) is 6.24. The molecule has 1 amide bonds. The molecule has 140 valence electrons. The second-order valence-corrected chi connectivity index (χ2v) is 8.21. The summed E-state index contributed by atoms with van der Waals surface area (Å²) in [7, 11) is -2.32. The number of nitrogens with zero attached hydrogens (tertiary/aromatic N) is 2. The number of hydrogen-bond donors (Lipinski definition) is 0. The van der Waals surface area contributed by atoms with E-state index in [0.717, 1.165) is 17.3 Å². The lowest BCUT2D eigenvalue weighted by Crippen LogP contribution is -2.29. The van der Waals surface area contributed by atoms with Crippen LogP contribution in [0.4, 0.5) is 0 Å². The number of carbonyl (C=O) groups is 1. The average Bonchev–Trinajstić information content (AvgIpc) is 2.96. The van der Waals surface area contributed by atoms with E-state index in [-0.39, 0.29) is 16.0 Å². The molecule has 1 fully saturated rings. The Kier molecular flexibility index (Phi) is 5.67. The molecule has 6 nitrogen and oxygen atoms in total. The zero-order chi connectivity index (χ0) is 19.4. The van der Waals surface area contributed by atoms with Gasteiger partial charge in [-0.1, -0.05) is 30.3 Å². The van der Waals surface area contributed by atoms with Crippen LogP contribution in [-0.2, 0) is 14.8 Å². The highest BCUT2D eigenvalue weighted by atomic mass is 32.2. The Balaban J connectivity index is 1.96. The lowest BCUT2D eigenvalue weighted by Gasteiger charge is -2.11. The van der Waals surface area contributed by atoms with Gasteiger partial charge in [0, 0.05) is 6.54 Å². The lowest BCUT2D eigenvalue weighted by atomic mass is 10.2. The van der Waals surface area contributed by atoms with Crippen molar-refractivity contribution in [1.82, 2.24) is 4.90 Å². The summed E-state index contributed by atoms with van der Waals surface area (Å²) in [5.41, 5.74) is 0.786. The van der Waals surface area contributed by atoms with Crippen LogP contribution in [0.5, 0.6) is 5.75 Å². The van der Waals surface area contributed by atoms with Crippen LogP contribution >= 0.6 is 11.8 Å². The molecule has 1 saturated heterocycles. The quantitative estimate of drug-likeness (QED) is 0.717. The maximum Gasteiger partial charge on any atom is 0.284 e. The smallest absolute Gasteiger partial charge is 0.284 e. The molecule has 2 aromatic carbocycles. The summed E-state index contributed by atoms with van der Waals surface area (Å²) in [5.74, 6) is 0.403. The topological polar surface area (TPSA) is 76.0 Å². The number of hydrogen-bond acceptors (Lipinski definition) is 5. The zero-order valence-electron chi connectivity index (χ0n) is 14.8. The van der Waals surface area contributed by atoms with Crippen molar-refractivity contribution < 1.29 is 17.9 Å². The molecule has 0 atom stereocenters. The van der Waals surface area contributed by atoms with Crippen LogP contribution in [0.25, 0.3) is 6.08 Å². The third-order valence-electron chi connectivity index (χ3n) is 3.84. The van der Waals surface area contributed by atoms with E-state index >= 15 is 0 Å². The van der Waals surface area contributed by atoms with Gasteiger partial charge in [0.2, 0.25) is 0 Å². The second-order valence-electron chi connectivity index (χ2n) is 5.60. The summed E-state index contributed by atoms with van der Waals surface area (Å²) < 4.78 is 34.1. The van der Waals surface area contributed by atoms with Crippen molar-refractivity contribution in [3.05, 3.63) is 65.1 Å². The van der Waals surface area contributed by atoms with Gasteiger partial charge in [-0.25, -0.2) is 0 Å². The largest absolute Gasteiger partial charge is 0.497 e. The van der Waals surface area contributed by atoms with E-state index in [0.29, 0.717) is 17.2 Å². The molecule has 1 aliphatic rings. The van der Waals surface area contributed by atoms with E-state index in [1.807, 2.05) is 18.2 Å². The van der Waals surface area contributed by atoms with E-state index in [2.05, 4.69) is 4.40 Å². The number of benzene rings is 2. The number of carbonyl (C=O) groups excluding carboxylic acids is 1. The van der Waals surface area contributed by atoms with Crippen LogP contribution in [0, 0.1) is 0 Å². The first-order chi connectivity index (χ1) is 12.9. The van der Waals surface area contributed by atoms with Crippen LogP contribution < -0.4 is 4.74 Å². The Labute approximate surface area is 162 Å². The van der Waals surface area contributed by atoms with Crippen LogP contribution in [0.3, 0.4) is 0 Å². The molecule has 2 aromatic rings. The van der Waals surface area contributed by atoms with Crippen molar-refractivity contribution in [3.8, 4) is 5.75 Å². The molecule has 0 radical (unpaired) electrons. The molecule has 8 heteroatoms. The number of rotatable bonds is 5. The highest BCUT2D eigenvalue weighted by molar-refractivity contribution is 8.19. The maximum atomic E-state index is 12.7. The lowest BCUT2D eigenvalue weighted by molar-refractivity contribution is -0.122. The molecule has 0 aliphatic carbocycles. The van der Waals surface area contributed by atoms with Gasteiger partial charge in [0.15, 0.2) is 5.17 Å². The molecule has 0 aromatic heterocycles. The van der Waals surface area contributed by atoms with Crippen molar-refractivity contribution in [2.24, 2.45) is 4.40 Å². The fraction of sp³-hybridized carbons (Fsp3) is 0.158. The van der Waals surface area contributed by atoms with Gasteiger partial charge < -0.3 is 4.74 Å². The standard InChI is InChI=1S/C19H18N2O4S2/c1-3-21-18(22)17(13-14-8-7-9-15(12-14)25-2)26-19(21)20-27(23,24)16-10-5-4-6-11-16/h4-13H,3H2,1-2H3. The second kappa shape index (κ2) is 7.98. The minimum absolute atomic E-state index is 0.0897. The Hall–Kier alpha value is -2.58. The summed E-state index contributed by atoms with van der Waals surface area (Å²) >= 11 is 1.05. The number of likely N-dealkylation sites (N-methyl/N-ethyl adjacent to an activating group) is 1. The van der Waals surface area contributed by atoms with Crippen molar-refractivity contribution >= 4 is 38.9 Å². The molecule has 3 rings (SSSR count). The molecular weight excluding hydrogens is 384 g/mol. The Morgan fingerprint density at radius 1 is 1.15 bits per heavy atom. The molecule has 0 spiro atoms. The van der Waals surface area contributed by atoms with Crippen LogP contribution in [0.2, 0.25) is 0 Å². The molecule has 1 aliphatic heterocycles. The first-order valence-corrected chi connectivity index (χ1v) is 10.5. The van der Waals surface area contributed by atoms with Crippen LogP contribution in [0.1, 0.15) is 12.5 Å². The van der Waals surface area contributed by atoms with Gasteiger partial charge in [-0.3, -0.25) is 9.69 Å². The van der Waals surface area contributed by atoms with E-state index in [1.165, 1.54) is 17.0 Å². The Morgan fingerprint density at radius 2 is 1.89 bits per heavy atom. The molecule has 27 heavy (non-hydrogen) atoms. The first-order valence-electron chi connectivity index (χ1n) is 8.20. The maximum absolute atomic E-state index is 12.7. The molecule has 0 bridgehead atoms. The number of amidine groups is 1. The SMILES string of the molecule is CCN1C(=O)C(=Cc2cccc(OC)c2)SC1=NS(=O)(=O)c1ccccc1. The van der Waals surface area contributed by atoms with Crippen molar-refractivity contribution in [3.63, 3.8) is 0 Å². The predicted octanol–water partition coefficient (Wildman–Crippen LogP) is 3.38. The van der Waals surface area contributed by atoms with Crippen molar-refractivity contribution in [2.75, 3.05) is 13.7 Å². The number of methoxy groups -OCH3 is 1. The summed E-state index contributed by atoms with van der Waals surface area (Å²) in [4.78, 5) is 14.5. The number of thioether (sulfide) groups is 1. The van der Waals surface area contributed by atoms with Gasteiger partial charge in [0.05, 0.1) is 16.9 Å². The number of amides is 1. The third kappa shape index (κ3) is 4.23. The van der Waals surface area contributed by atoms with Gasteiger partial charge in [-0.15, -0.1) is 4.40 Å². The summed E-state index contributed by atoms with van der Waals surface area (Å²) in [6.07, 6.45) is 1.70. The van der Waals surface area contributed by atoms with Crippen molar-refractivity contribution in [1.29, 1.82) is 0 Å². The summed E-state index contributed by atoms with van der Waals surface area (Å²) in [6.45, 7) is 2.10. The van der Waals surface area contributed by atoms with Crippen LogP contribution in [-0.4, -0.2) is 38.0 Å². The highest BCUT2D eigenvalue weighted by Gasteiger charge is 2.34. The molecule has 1 heterocycles. The molecular formula is C19H18N2O4S2. The zero-order valence-corrected chi connectivity index (χ0v) is 16.5. The van der Waals surface area contributed by atoms with E-state index < -0.39 is 10.0 Å². The highest BCUT2D eigenvalue weighted by Crippen LogP contribution is 2.33. The van der Waals surface area contributed by atoms with Gasteiger partial charge in [-0.05, 0) is 54.6 Å². The summed E-state index contributed by atoms with van der Waals surface area (Å²) in [5, 5.41) is 0.153. The van der Waals surface area contributed by atoms with Gasteiger partial charge >= 0.3 is 0 Å². The van der Waals surface area contributed by atoms with E-state index in [1.54, 1.807) is 44.4 Å². The normalized spacial score (nSPS) is 17.7. The number of ether oxygens (including phenoxy) is 1. The molecule has 0 N–H and O–H groups in total. The minimum atomic E-state index is -3.89. The van der Waals surface area contributed by atoms with E-state index in [9.17, 15) is 13.2 Å². The number of sulfonamides is 1. The predicted molar refractivity (Wildman–Crippen MR) is 107 cm³/mol. The monoisotopic (exact) mass is 402 g/mol. The molecule has 0 unspecified atom stereocenters. The van der Waals surface area contributed by atoms with Gasteiger partial charge in [-0.2, -0.15) is 8.42 Å². The van der Waals surface area contributed by atoms with Gasteiger partial charge in [0.25, 0.3) is 15.9 Å². The van der Waals surface area contributed by atoms with Crippen LogP contribution in [0.15, 0.2) is 68.8 Å². The minimum Gasteiger partial charge on any atom is -0.497 e.